The van der Waals surface area contributed by atoms with Crippen molar-refractivity contribution in [2.45, 2.75) is 19.4 Å². The summed E-state index contributed by atoms with van der Waals surface area (Å²) in [6, 6.07) is 12.3. The summed E-state index contributed by atoms with van der Waals surface area (Å²) < 4.78 is 18.9. The third-order valence-electron chi connectivity index (χ3n) is 4.07. The third-order valence-corrected chi connectivity index (χ3v) is 4.07. The number of benzene rings is 2. The van der Waals surface area contributed by atoms with Gasteiger partial charge in [-0.1, -0.05) is 36.4 Å². The second-order valence-corrected chi connectivity index (χ2v) is 5.59. The molecule has 1 heterocycles. The van der Waals surface area contributed by atoms with E-state index in [1.54, 1.807) is 37.3 Å². The molecular weight excluding hydrogens is 325 g/mol. The molecule has 2 amide bonds. The first-order valence-corrected chi connectivity index (χ1v) is 7.89. The lowest BCUT2D eigenvalue weighted by molar-refractivity contribution is -0.150. The highest BCUT2D eigenvalue weighted by Gasteiger charge is 2.43. The average Bonchev–Trinajstić information content (AvgIpc) is 2.60. The van der Waals surface area contributed by atoms with Crippen LogP contribution in [0.5, 0.6) is 0 Å². The van der Waals surface area contributed by atoms with E-state index in [4.69, 9.17) is 4.74 Å². The van der Waals surface area contributed by atoms with Gasteiger partial charge in [0.25, 0.3) is 5.91 Å². The van der Waals surface area contributed by atoms with Crippen molar-refractivity contribution in [2.24, 2.45) is 0 Å². The van der Waals surface area contributed by atoms with Crippen molar-refractivity contribution in [1.29, 1.82) is 0 Å². The van der Waals surface area contributed by atoms with E-state index < -0.39 is 29.5 Å². The number of carbonyl (C=O) groups is 3. The molecule has 0 radical (unpaired) electrons. The Labute approximate surface area is 144 Å². The molecule has 2 aromatic rings. The molecule has 5 nitrogen and oxygen atoms in total. The lowest BCUT2D eigenvalue weighted by atomic mass is 9.88. The first-order chi connectivity index (χ1) is 12.0. The van der Waals surface area contributed by atoms with Crippen LogP contribution in [0, 0.1) is 5.82 Å². The van der Waals surface area contributed by atoms with Crippen LogP contribution in [-0.4, -0.2) is 29.3 Å². The number of esters is 1. The van der Waals surface area contributed by atoms with Gasteiger partial charge < -0.3 is 4.74 Å². The van der Waals surface area contributed by atoms with Crippen LogP contribution in [0.2, 0.25) is 0 Å². The fourth-order valence-electron chi connectivity index (χ4n) is 2.88. The number of hydrogen-bond donors (Lipinski definition) is 0. The van der Waals surface area contributed by atoms with E-state index in [-0.39, 0.29) is 24.3 Å². The number of halogens is 1. The van der Waals surface area contributed by atoms with Crippen LogP contribution in [0.15, 0.2) is 48.5 Å². The number of ether oxygens (including phenoxy) is 1. The first-order valence-electron chi connectivity index (χ1n) is 7.89. The predicted octanol–water partition coefficient (Wildman–Crippen LogP) is 2.66. The summed E-state index contributed by atoms with van der Waals surface area (Å²) in [5.74, 6) is -3.71. The Morgan fingerprint density at radius 2 is 1.80 bits per heavy atom. The topological polar surface area (TPSA) is 63.7 Å². The van der Waals surface area contributed by atoms with Crippen LogP contribution in [-0.2, 0) is 20.9 Å². The summed E-state index contributed by atoms with van der Waals surface area (Å²) >= 11 is 0. The molecule has 0 saturated carbocycles. The summed E-state index contributed by atoms with van der Waals surface area (Å²) in [5, 5.41) is 0. The molecule has 0 aliphatic carbocycles. The van der Waals surface area contributed by atoms with Gasteiger partial charge in [-0.2, -0.15) is 0 Å². The van der Waals surface area contributed by atoms with Crippen LogP contribution in [0.1, 0.15) is 34.3 Å². The third kappa shape index (κ3) is 3.03. The molecule has 0 spiro atoms. The van der Waals surface area contributed by atoms with Gasteiger partial charge in [0.2, 0.25) is 5.91 Å². The van der Waals surface area contributed by atoms with Crippen LogP contribution in [0.25, 0.3) is 0 Å². The molecule has 1 aliphatic rings. The first kappa shape index (κ1) is 16.8. The van der Waals surface area contributed by atoms with E-state index in [1.165, 1.54) is 18.2 Å². The quantitative estimate of drug-likeness (QED) is 0.487. The summed E-state index contributed by atoms with van der Waals surface area (Å²) in [6.07, 6.45) is 0. The Bertz CT molecular complexity index is 849. The molecule has 0 fully saturated rings. The minimum atomic E-state index is -1.22. The molecule has 1 aliphatic heterocycles. The molecule has 1 unspecified atom stereocenters. The van der Waals surface area contributed by atoms with Crippen LogP contribution >= 0.6 is 0 Å². The highest BCUT2D eigenvalue weighted by molar-refractivity contribution is 6.17. The van der Waals surface area contributed by atoms with Gasteiger partial charge in [-0.3, -0.25) is 19.3 Å². The fraction of sp³-hybridized carbons (Fsp3) is 0.211. The predicted molar refractivity (Wildman–Crippen MR) is 87.1 cm³/mol. The zero-order valence-electron chi connectivity index (χ0n) is 13.6. The number of rotatable bonds is 4. The Balaban J connectivity index is 2.03. The van der Waals surface area contributed by atoms with E-state index in [2.05, 4.69) is 0 Å². The molecule has 0 saturated heterocycles. The van der Waals surface area contributed by atoms with Gasteiger partial charge in [-0.15, -0.1) is 0 Å². The fourth-order valence-corrected chi connectivity index (χ4v) is 2.88. The summed E-state index contributed by atoms with van der Waals surface area (Å²) in [4.78, 5) is 38.7. The van der Waals surface area contributed by atoms with Gasteiger partial charge in [0.15, 0.2) is 5.92 Å². The molecule has 3 rings (SSSR count). The maximum absolute atomic E-state index is 13.9. The summed E-state index contributed by atoms with van der Waals surface area (Å²) in [7, 11) is 0. The normalized spacial score (nSPS) is 16.6. The van der Waals surface area contributed by atoms with Gasteiger partial charge in [0.05, 0.1) is 13.2 Å². The molecule has 0 N–H and O–H groups in total. The molecule has 6 heteroatoms. The minimum Gasteiger partial charge on any atom is -0.465 e. The van der Waals surface area contributed by atoms with Crippen molar-refractivity contribution in [1.82, 2.24) is 4.90 Å². The van der Waals surface area contributed by atoms with E-state index in [9.17, 15) is 18.8 Å². The Morgan fingerprint density at radius 1 is 1.12 bits per heavy atom. The van der Waals surface area contributed by atoms with E-state index in [1.807, 2.05) is 0 Å². The SMILES string of the molecule is CCOC(=O)C1C(=O)N(Cc2ccccc2F)C(=O)c2ccccc21. The zero-order chi connectivity index (χ0) is 18.0. The standard InChI is InChI=1S/C19H16FNO4/c1-2-25-19(24)16-13-8-4-5-9-14(13)17(22)21(18(16)23)11-12-7-3-6-10-15(12)20/h3-10,16H,2,11H2,1H3. The second-order valence-electron chi connectivity index (χ2n) is 5.59. The van der Waals surface area contributed by atoms with Gasteiger partial charge >= 0.3 is 5.97 Å². The van der Waals surface area contributed by atoms with Gasteiger partial charge in [-0.25, -0.2) is 4.39 Å². The highest BCUT2D eigenvalue weighted by Crippen LogP contribution is 2.31. The average molecular weight is 341 g/mol. The Kier molecular flexibility index (Phi) is 4.61. The van der Waals surface area contributed by atoms with Crippen LogP contribution in [0.3, 0.4) is 0 Å². The Morgan fingerprint density at radius 3 is 2.52 bits per heavy atom. The number of carbonyl (C=O) groups excluding carboxylic acids is 3. The van der Waals surface area contributed by atoms with Crippen molar-refractivity contribution >= 4 is 17.8 Å². The van der Waals surface area contributed by atoms with Crippen molar-refractivity contribution in [3.05, 3.63) is 71.0 Å². The Hall–Kier alpha value is -3.02. The van der Waals surface area contributed by atoms with Gasteiger partial charge in [-0.05, 0) is 24.6 Å². The molecule has 25 heavy (non-hydrogen) atoms. The number of imide groups is 1. The van der Waals surface area contributed by atoms with Crippen LogP contribution < -0.4 is 0 Å². The lowest BCUT2D eigenvalue weighted by Crippen LogP contribution is -2.47. The number of fused-ring (bicyclic) bond motifs is 1. The number of amides is 2. The molecule has 0 aromatic heterocycles. The zero-order valence-corrected chi connectivity index (χ0v) is 13.6. The van der Waals surface area contributed by atoms with Gasteiger partial charge in [0.1, 0.15) is 5.82 Å². The monoisotopic (exact) mass is 341 g/mol. The number of hydrogen-bond acceptors (Lipinski definition) is 4. The smallest absolute Gasteiger partial charge is 0.323 e. The maximum Gasteiger partial charge on any atom is 0.323 e. The van der Waals surface area contributed by atoms with Crippen molar-refractivity contribution in [3.63, 3.8) is 0 Å². The molecule has 1 atom stereocenters. The largest absolute Gasteiger partial charge is 0.465 e. The summed E-state index contributed by atoms with van der Waals surface area (Å²) in [5.41, 5.74) is 0.767. The van der Waals surface area contributed by atoms with E-state index in [0.29, 0.717) is 5.56 Å². The molecule has 2 aromatic carbocycles. The van der Waals surface area contributed by atoms with Crippen molar-refractivity contribution in [3.8, 4) is 0 Å². The minimum absolute atomic E-state index is 0.117. The van der Waals surface area contributed by atoms with Gasteiger partial charge in [0, 0.05) is 11.1 Å². The second kappa shape index (κ2) is 6.84. The van der Waals surface area contributed by atoms with Crippen LogP contribution in [0.4, 0.5) is 4.39 Å². The molecular formula is C19H16FNO4. The van der Waals surface area contributed by atoms with Crippen molar-refractivity contribution in [2.75, 3.05) is 6.61 Å². The summed E-state index contributed by atoms with van der Waals surface area (Å²) in [6.45, 7) is 1.51. The van der Waals surface area contributed by atoms with E-state index in [0.717, 1.165) is 4.90 Å². The highest BCUT2D eigenvalue weighted by atomic mass is 19.1. The van der Waals surface area contributed by atoms with E-state index >= 15 is 0 Å². The number of nitrogens with zero attached hydrogens (tertiary/aromatic N) is 1. The molecule has 128 valence electrons. The maximum atomic E-state index is 13.9. The lowest BCUT2D eigenvalue weighted by Gasteiger charge is -2.31. The van der Waals surface area contributed by atoms with Crippen molar-refractivity contribution < 1.29 is 23.5 Å². The molecule has 0 bridgehead atoms.